The Morgan fingerprint density at radius 1 is 1.29 bits per heavy atom. The second-order valence-corrected chi connectivity index (χ2v) is 5.33. The number of nitriles is 1. The summed E-state index contributed by atoms with van der Waals surface area (Å²) in [5, 5.41) is 12.0. The van der Waals surface area contributed by atoms with Gasteiger partial charge in [0, 0.05) is 12.2 Å². The van der Waals surface area contributed by atoms with Gasteiger partial charge >= 0.3 is 0 Å². The summed E-state index contributed by atoms with van der Waals surface area (Å²) in [5.41, 5.74) is 1.68. The van der Waals surface area contributed by atoms with Gasteiger partial charge in [-0.1, -0.05) is 0 Å². The molecule has 2 aromatic rings. The van der Waals surface area contributed by atoms with E-state index in [1.165, 1.54) is 12.1 Å². The number of benzene rings is 2. The molecule has 0 amide bonds. The predicted molar refractivity (Wildman–Crippen MR) is 78.7 cm³/mol. The van der Waals surface area contributed by atoms with Crippen molar-refractivity contribution < 1.29 is 13.9 Å². The van der Waals surface area contributed by atoms with Gasteiger partial charge in [-0.3, -0.25) is 0 Å². The van der Waals surface area contributed by atoms with Gasteiger partial charge < -0.3 is 14.8 Å². The number of halogens is 2. The highest BCUT2D eigenvalue weighted by Gasteiger charge is 2.17. The first-order chi connectivity index (χ1) is 10.2. The van der Waals surface area contributed by atoms with Gasteiger partial charge in [0.25, 0.3) is 0 Å². The molecular weight excluding hydrogens is 339 g/mol. The quantitative estimate of drug-likeness (QED) is 0.916. The second kappa shape index (κ2) is 5.62. The van der Waals surface area contributed by atoms with Crippen molar-refractivity contribution in [1.82, 2.24) is 0 Å². The van der Waals surface area contributed by atoms with Gasteiger partial charge in [0.15, 0.2) is 11.5 Å². The summed E-state index contributed by atoms with van der Waals surface area (Å²) in [5.74, 6) is 0.874. The third-order valence-electron chi connectivity index (χ3n) is 3.07. The largest absolute Gasteiger partial charge is 0.454 e. The van der Waals surface area contributed by atoms with Gasteiger partial charge in [0.1, 0.15) is 11.9 Å². The maximum Gasteiger partial charge on any atom is 0.231 e. The van der Waals surface area contributed by atoms with E-state index in [-0.39, 0.29) is 12.4 Å². The second-order valence-electron chi connectivity index (χ2n) is 4.47. The highest BCUT2D eigenvalue weighted by molar-refractivity contribution is 9.10. The fourth-order valence-electron chi connectivity index (χ4n) is 2.05. The Bertz CT molecular complexity index is 743. The number of anilines is 1. The standard InChI is InChI=1S/C15H10BrFN2O2/c16-12-3-9(4-14-15(12)21-8-20-14)7-19-11-1-2-13(17)10(5-11)6-18/h1-5,19H,7-8H2. The van der Waals surface area contributed by atoms with Crippen LogP contribution in [0.2, 0.25) is 0 Å². The van der Waals surface area contributed by atoms with Crippen LogP contribution in [0.15, 0.2) is 34.8 Å². The molecule has 21 heavy (non-hydrogen) atoms. The zero-order valence-corrected chi connectivity index (χ0v) is 12.4. The van der Waals surface area contributed by atoms with Crippen molar-refractivity contribution in [2.75, 3.05) is 12.1 Å². The smallest absolute Gasteiger partial charge is 0.231 e. The molecule has 0 unspecified atom stereocenters. The van der Waals surface area contributed by atoms with Crippen LogP contribution in [0.25, 0.3) is 0 Å². The Morgan fingerprint density at radius 3 is 2.95 bits per heavy atom. The fraction of sp³-hybridized carbons (Fsp3) is 0.133. The molecule has 0 aliphatic carbocycles. The summed E-state index contributed by atoms with van der Waals surface area (Å²) >= 11 is 3.43. The molecule has 106 valence electrons. The van der Waals surface area contributed by atoms with Gasteiger partial charge in [-0.05, 0) is 51.8 Å². The molecule has 3 rings (SSSR count). The monoisotopic (exact) mass is 348 g/mol. The van der Waals surface area contributed by atoms with Gasteiger partial charge in [-0.15, -0.1) is 0 Å². The average Bonchev–Trinajstić information content (AvgIpc) is 2.95. The van der Waals surface area contributed by atoms with Crippen LogP contribution in [0.1, 0.15) is 11.1 Å². The maximum atomic E-state index is 13.2. The normalized spacial score (nSPS) is 12.0. The van der Waals surface area contributed by atoms with E-state index in [0.717, 1.165) is 10.0 Å². The Balaban J connectivity index is 1.77. The molecule has 0 saturated heterocycles. The van der Waals surface area contributed by atoms with E-state index in [2.05, 4.69) is 21.2 Å². The third-order valence-corrected chi connectivity index (χ3v) is 3.66. The van der Waals surface area contributed by atoms with E-state index >= 15 is 0 Å². The SMILES string of the molecule is N#Cc1cc(NCc2cc(Br)c3c(c2)OCO3)ccc1F. The molecule has 0 spiro atoms. The molecule has 0 atom stereocenters. The molecule has 1 N–H and O–H groups in total. The van der Waals surface area contributed by atoms with Crippen molar-refractivity contribution in [1.29, 1.82) is 5.26 Å². The molecule has 4 nitrogen and oxygen atoms in total. The number of ether oxygens (including phenoxy) is 2. The number of nitrogens with one attached hydrogen (secondary N) is 1. The lowest BCUT2D eigenvalue weighted by Gasteiger charge is -2.09. The van der Waals surface area contributed by atoms with Crippen LogP contribution >= 0.6 is 15.9 Å². The molecule has 0 aromatic heterocycles. The lowest BCUT2D eigenvalue weighted by molar-refractivity contribution is 0.173. The van der Waals surface area contributed by atoms with E-state index in [0.29, 0.717) is 23.7 Å². The van der Waals surface area contributed by atoms with E-state index < -0.39 is 5.82 Å². The van der Waals surface area contributed by atoms with Crippen molar-refractivity contribution in [3.05, 3.63) is 51.7 Å². The molecule has 6 heteroatoms. The summed E-state index contributed by atoms with van der Waals surface area (Å²) < 4.78 is 24.7. The lowest BCUT2D eigenvalue weighted by atomic mass is 10.1. The Labute approximate surface area is 129 Å². The molecule has 0 bridgehead atoms. The van der Waals surface area contributed by atoms with Gasteiger partial charge in [0.2, 0.25) is 6.79 Å². The van der Waals surface area contributed by atoms with E-state index in [9.17, 15) is 4.39 Å². The van der Waals surface area contributed by atoms with Crippen LogP contribution in [-0.2, 0) is 6.54 Å². The third kappa shape index (κ3) is 2.78. The van der Waals surface area contributed by atoms with Crippen LogP contribution in [0.4, 0.5) is 10.1 Å². The topological polar surface area (TPSA) is 54.3 Å². The van der Waals surface area contributed by atoms with Crippen LogP contribution in [0.5, 0.6) is 11.5 Å². The lowest BCUT2D eigenvalue weighted by Crippen LogP contribution is -2.00. The fourth-order valence-corrected chi connectivity index (χ4v) is 2.65. The van der Waals surface area contributed by atoms with Crippen molar-refractivity contribution in [3.8, 4) is 17.6 Å². The van der Waals surface area contributed by atoms with Gasteiger partial charge in [-0.25, -0.2) is 4.39 Å². The first-order valence-electron chi connectivity index (χ1n) is 6.19. The number of fused-ring (bicyclic) bond motifs is 1. The van der Waals surface area contributed by atoms with Crippen LogP contribution in [0.3, 0.4) is 0 Å². The van der Waals surface area contributed by atoms with Crippen LogP contribution in [-0.4, -0.2) is 6.79 Å². The Kier molecular flexibility index (Phi) is 3.67. The molecule has 1 aliphatic heterocycles. The van der Waals surface area contributed by atoms with Crippen molar-refractivity contribution in [2.24, 2.45) is 0 Å². The van der Waals surface area contributed by atoms with E-state index in [4.69, 9.17) is 14.7 Å². The number of nitrogens with zero attached hydrogens (tertiary/aromatic N) is 1. The minimum Gasteiger partial charge on any atom is -0.454 e. The van der Waals surface area contributed by atoms with E-state index in [1.807, 2.05) is 18.2 Å². The highest BCUT2D eigenvalue weighted by atomic mass is 79.9. The molecule has 0 saturated carbocycles. The van der Waals surface area contributed by atoms with Crippen molar-refractivity contribution in [2.45, 2.75) is 6.54 Å². The van der Waals surface area contributed by atoms with Crippen LogP contribution < -0.4 is 14.8 Å². The first kappa shape index (κ1) is 13.7. The zero-order valence-electron chi connectivity index (χ0n) is 10.8. The van der Waals surface area contributed by atoms with Crippen molar-refractivity contribution >= 4 is 21.6 Å². The number of rotatable bonds is 3. The molecular formula is C15H10BrFN2O2. The highest BCUT2D eigenvalue weighted by Crippen LogP contribution is 2.40. The predicted octanol–water partition coefficient (Wildman–Crippen LogP) is 3.80. The van der Waals surface area contributed by atoms with E-state index in [1.54, 1.807) is 6.07 Å². The maximum absolute atomic E-state index is 13.2. The molecule has 0 fully saturated rings. The average molecular weight is 349 g/mol. The molecule has 1 aliphatic rings. The zero-order chi connectivity index (χ0) is 14.8. The minimum absolute atomic E-state index is 0.0202. The summed E-state index contributed by atoms with van der Waals surface area (Å²) in [6.07, 6.45) is 0. The minimum atomic E-state index is -0.520. The van der Waals surface area contributed by atoms with Crippen LogP contribution in [0, 0.1) is 17.1 Å². The molecule has 2 aromatic carbocycles. The Morgan fingerprint density at radius 2 is 2.14 bits per heavy atom. The van der Waals surface area contributed by atoms with Gasteiger partial charge in [0.05, 0.1) is 10.0 Å². The summed E-state index contributed by atoms with van der Waals surface area (Å²) in [6, 6.07) is 9.98. The Hall–Kier alpha value is -2.26. The summed E-state index contributed by atoms with van der Waals surface area (Å²) in [4.78, 5) is 0. The molecule has 0 radical (unpaired) electrons. The summed E-state index contributed by atoms with van der Waals surface area (Å²) in [6.45, 7) is 0.736. The van der Waals surface area contributed by atoms with Crippen molar-refractivity contribution in [3.63, 3.8) is 0 Å². The molecule has 1 heterocycles. The number of hydrogen-bond acceptors (Lipinski definition) is 4. The first-order valence-corrected chi connectivity index (χ1v) is 6.98. The number of hydrogen-bond donors (Lipinski definition) is 1. The van der Waals surface area contributed by atoms with Gasteiger partial charge in [-0.2, -0.15) is 5.26 Å². The summed E-state index contributed by atoms with van der Waals surface area (Å²) in [7, 11) is 0.